The Bertz CT molecular complexity index is 883. The summed E-state index contributed by atoms with van der Waals surface area (Å²) in [5.41, 5.74) is 0.398. The minimum atomic E-state index is -0.764. The van der Waals surface area contributed by atoms with Crippen molar-refractivity contribution in [3.05, 3.63) is 75.1 Å². The maximum atomic E-state index is 14.1. The van der Waals surface area contributed by atoms with Gasteiger partial charge in [-0.15, -0.1) is 0 Å². The molecule has 8 heteroatoms. The average Bonchev–Trinajstić information content (AvgIpc) is 2.71. The van der Waals surface area contributed by atoms with Crippen molar-refractivity contribution >= 4 is 11.6 Å². The maximum Gasteiger partial charge on any atom is 0.276 e. The molecule has 0 aliphatic carbocycles. The third-order valence-electron chi connectivity index (χ3n) is 5.32. The average molecular weight is 400 g/mol. The third kappa shape index (κ3) is 5.16. The number of benzene rings is 2. The third-order valence-corrected chi connectivity index (χ3v) is 5.32. The van der Waals surface area contributed by atoms with Crippen LogP contribution in [0.5, 0.6) is 0 Å². The topological polar surface area (TPSA) is 78.7 Å². The number of piperazine rings is 1. The summed E-state index contributed by atoms with van der Waals surface area (Å²) in [7, 11) is 2.08. The quantitative estimate of drug-likeness (QED) is 0.596. The predicted octanol–water partition coefficient (Wildman–Crippen LogP) is 2.76. The number of nitro benzene ring substituents is 1. The molecule has 1 fully saturated rings. The van der Waals surface area contributed by atoms with Crippen molar-refractivity contribution in [1.29, 1.82) is 0 Å². The van der Waals surface area contributed by atoms with Crippen molar-refractivity contribution in [2.24, 2.45) is 0 Å². The van der Waals surface area contributed by atoms with Gasteiger partial charge in [-0.3, -0.25) is 19.8 Å². The summed E-state index contributed by atoms with van der Waals surface area (Å²) in [6, 6.07) is 11.4. The summed E-state index contributed by atoms with van der Waals surface area (Å²) in [4.78, 5) is 27.9. The molecular weight excluding hydrogens is 375 g/mol. The smallest absolute Gasteiger partial charge is 0.276 e. The standard InChI is InChI=1S/C21H25FN4O3/c1-15-18(22)12-17(13-20(15)26(28)29)21(27)23-19(16-6-4-3-5-7-16)14-25-10-8-24(2)9-11-25/h3-7,12-13,19H,8-11,14H2,1-2H3,(H,23,27). The monoisotopic (exact) mass is 400 g/mol. The van der Waals surface area contributed by atoms with Crippen LogP contribution in [0, 0.1) is 22.9 Å². The lowest BCUT2D eigenvalue weighted by molar-refractivity contribution is -0.385. The van der Waals surface area contributed by atoms with E-state index in [1.807, 2.05) is 30.3 Å². The molecule has 2 aromatic carbocycles. The van der Waals surface area contributed by atoms with E-state index in [0.29, 0.717) is 6.54 Å². The number of rotatable bonds is 6. The fourth-order valence-electron chi connectivity index (χ4n) is 3.44. The highest BCUT2D eigenvalue weighted by atomic mass is 19.1. The van der Waals surface area contributed by atoms with E-state index in [1.54, 1.807) is 0 Å². The summed E-state index contributed by atoms with van der Waals surface area (Å²) in [5.74, 6) is -1.30. The van der Waals surface area contributed by atoms with E-state index in [-0.39, 0.29) is 17.2 Å². The lowest BCUT2D eigenvalue weighted by Crippen LogP contribution is -2.47. The Kier molecular flexibility index (Phi) is 6.56. The zero-order valence-electron chi connectivity index (χ0n) is 16.6. The van der Waals surface area contributed by atoms with E-state index in [4.69, 9.17) is 0 Å². The first-order chi connectivity index (χ1) is 13.8. The van der Waals surface area contributed by atoms with Crippen LogP contribution < -0.4 is 5.32 Å². The number of nitrogens with one attached hydrogen (secondary N) is 1. The van der Waals surface area contributed by atoms with Crippen LogP contribution in [0.15, 0.2) is 42.5 Å². The Morgan fingerprint density at radius 1 is 1.21 bits per heavy atom. The molecule has 1 unspecified atom stereocenters. The van der Waals surface area contributed by atoms with Crippen LogP contribution in [0.3, 0.4) is 0 Å². The van der Waals surface area contributed by atoms with Gasteiger partial charge in [-0.25, -0.2) is 4.39 Å². The second kappa shape index (κ2) is 9.11. The molecule has 1 saturated heterocycles. The molecule has 1 atom stereocenters. The summed E-state index contributed by atoms with van der Waals surface area (Å²) in [6.07, 6.45) is 0. The first-order valence-electron chi connectivity index (χ1n) is 9.56. The molecule has 3 rings (SSSR count). The molecule has 154 valence electrons. The van der Waals surface area contributed by atoms with Gasteiger partial charge in [0.15, 0.2) is 0 Å². The molecule has 0 spiro atoms. The Hall–Kier alpha value is -2.84. The van der Waals surface area contributed by atoms with Crippen LogP contribution in [0.1, 0.15) is 27.5 Å². The summed E-state index contributed by atoms with van der Waals surface area (Å²) < 4.78 is 14.1. The van der Waals surface area contributed by atoms with Crippen molar-refractivity contribution in [1.82, 2.24) is 15.1 Å². The van der Waals surface area contributed by atoms with Crippen LogP contribution in [-0.4, -0.2) is 60.4 Å². The minimum Gasteiger partial charge on any atom is -0.344 e. The zero-order valence-corrected chi connectivity index (χ0v) is 16.6. The number of likely N-dealkylation sites (N-methyl/N-ethyl adjacent to an activating group) is 1. The maximum absolute atomic E-state index is 14.1. The van der Waals surface area contributed by atoms with E-state index in [0.717, 1.165) is 43.9 Å². The molecule has 1 aliphatic heterocycles. The normalized spacial score (nSPS) is 16.4. The summed E-state index contributed by atoms with van der Waals surface area (Å²) >= 11 is 0. The number of carbonyl (C=O) groups is 1. The summed E-state index contributed by atoms with van der Waals surface area (Å²) in [5, 5.41) is 14.1. The Balaban J connectivity index is 1.82. The number of nitro groups is 1. The number of hydrogen-bond donors (Lipinski definition) is 1. The Morgan fingerprint density at radius 3 is 2.48 bits per heavy atom. The van der Waals surface area contributed by atoms with Gasteiger partial charge in [-0.2, -0.15) is 0 Å². The highest BCUT2D eigenvalue weighted by molar-refractivity contribution is 5.95. The lowest BCUT2D eigenvalue weighted by Gasteiger charge is -2.35. The van der Waals surface area contributed by atoms with Crippen molar-refractivity contribution in [3.63, 3.8) is 0 Å². The summed E-state index contributed by atoms with van der Waals surface area (Å²) in [6.45, 7) is 5.62. The van der Waals surface area contributed by atoms with E-state index < -0.39 is 22.3 Å². The van der Waals surface area contributed by atoms with Crippen LogP contribution in [0.2, 0.25) is 0 Å². The second-order valence-electron chi connectivity index (χ2n) is 7.40. The Morgan fingerprint density at radius 2 is 1.86 bits per heavy atom. The number of hydrogen-bond acceptors (Lipinski definition) is 5. The largest absolute Gasteiger partial charge is 0.344 e. The molecule has 29 heavy (non-hydrogen) atoms. The number of amides is 1. The molecule has 1 N–H and O–H groups in total. The van der Waals surface area contributed by atoms with Gasteiger partial charge in [0.25, 0.3) is 11.6 Å². The molecule has 1 heterocycles. The molecule has 2 aromatic rings. The SMILES string of the molecule is Cc1c(F)cc(C(=O)NC(CN2CCN(C)CC2)c2ccccc2)cc1[N+](=O)[O-]. The molecule has 0 radical (unpaired) electrons. The van der Waals surface area contributed by atoms with Gasteiger partial charge >= 0.3 is 0 Å². The van der Waals surface area contributed by atoms with E-state index in [9.17, 15) is 19.3 Å². The van der Waals surface area contributed by atoms with Crippen LogP contribution in [0.25, 0.3) is 0 Å². The highest BCUT2D eigenvalue weighted by Gasteiger charge is 2.24. The van der Waals surface area contributed by atoms with Gasteiger partial charge in [0.05, 0.1) is 16.5 Å². The van der Waals surface area contributed by atoms with Crippen LogP contribution >= 0.6 is 0 Å². The Labute approximate surface area is 169 Å². The van der Waals surface area contributed by atoms with Crippen molar-refractivity contribution in [3.8, 4) is 0 Å². The first-order valence-corrected chi connectivity index (χ1v) is 9.56. The molecule has 1 aliphatic rings. The van der Waals surface area contributed by atoms with Gasteiger partial charge in [0.2, 0.25) is 0 Å². The fraction of sp³-hybridized carbons (Fsp3) is 0.381. The minimum absolute atomic E-state index is 0.0564. The molecule has 0 bridgehead atoms. The molecular formula is C21H25FN4O3. The van der Waals surface area contributed by atoms with E-state index in [2.05, 4.69) is 22.2 Å². The molecule has 0 aromatic heterocycles. The molecule has 0 saturated carbocycles. The number of nitrogens with zero attached hydrogens (tertiary/aromatic N) is 3. The zero-order chi connectivity index (χ0) is 21.0. The molecule has 7 nitrogen and oxygen atoms in total. The van der Waals surface area contributed by atoms with Crippen LogP contribution in [-0.2, 0) is 0 Å². The van der Waals surface area contributed by atoms with E-state index in [1.165, 1.54) is 6.92 Å². The van der Waals surface area contributed by atoms with Gasteiger partial charge in [0.1, 0.15) is 5.82 Å². The van der Waals surface area contributed by atoms with Crippen molar-refractivity contribution < 1.29 is 14.1 Å². The first kappa shape index (κ1) is 20.9. The second-order valence-corrected chi connectivity index (χ2v) is 7.40. The van der Waals surface area contributed by atoms with Crippen molar-refractivity contribution in [2.75, 3.05) is 39.8 Å². The van der Waals surface area contributed by atoms with Gasteiger partial charge < -0.3 is 10.2 Å². The van der Waals surface area contributed by atoms with Gasteiger partial charge in [-0.1, -0.05) is 30.3 Å². The highest BCUT2D eigenvalue weighted by Crippen LogP contribution is 2.24. The van der Waals surface area contributed by atoms with E-state index >= 15 is 0 Å². The fourth-order valence-corrected chi connectivity index (χ4v) is 3.44. The number of carbonyl (C=O) groups excluding carboxylic acids is 1. The van der Waals surface area contributed by atoms with Gasteiger partial charge in [0, 0.05) is 44.4 Å². The van der Waals surface area contributed by atoms with Crippen LogP contribution in [0.4, 0.5) is 10.1 Å². The predicted molar refractivity (Wildman–Crippen MR) is 108 cm³/mol. The van der Waals surface area contributed by atoms with Gasteiger partial charge in [-0.05, 0) is 25.6 Å². The van der Waals surface area contributed by atoms with Crippen molar-refractivity contribution in [2.45, 2.75) is 13.0 Å². The lowest BCUT2D eigenvalue weighted by atomic mass is 10.0. The number of halogens is 1. The molecule has 1 amide bonds.